The fourth-order valence-electron chi connectivity index (χ4n) is 1.28. The van der Waals surface area contributed by atoms with Gasteiger partial charge < -0.3 is 0 Å². The van der Waals surface area contributed by atoms with Crippen molar-refractivity contribution in [3.05, 3.63) is 63.3 Å². The van der Waals surface area contributed by atoms with Crippen molar-refractivity contribution >= 4 is 34.8 Å². The van der Waals surface area contributed by atoms with Crippen LogP contribution < -0.4 is 0 Å². The third kappa shape index (κ3) is 2.60. The van der Waals surface area contributed by atoms with Gasteiger partial charge in [-0.3, -0.25) is 4.79 Å². The Morgan fingerprint density at radius 3 is 2.56 bits per heavy atom. The van der Waals surface area contributed by atoms with E-state index >= 15 is 0 Å². The van der Waals surface area contributed by atoms with Crippen LogP contribution in [0.5, 0.6) is 0 Å². The average Bonchev–Trinajstić information content (AvgIpc) is 2.74. The first-order valence-electron chi connectivity index (χ1n) is 4.78. The zero-order chi connectivity index (χ0) is 11.4. The molecule has 0 saturated carbocycles. The highest BCUT2D eigenvalue weighted by Gasteiger charge is 2.07. The van der Waals surface area contributed by atoms with E-state index in [2.05, 4.69) is 0 Å². The summed E-state index contributed by atoms with van der Waals surface area (Å²) in [6.45, 7) is 0. The van der Waals surface area contributed by atoms with E-state index in [4.69, 9.17) is 11.6 Å². The van der Waals surface area contributed by atoms with E-state index in [1.807, 2.05) is 35.7 Å². The van der Waals surface area contributed by atoms with Gasteiger partial charge in [0.15, 0.2) is 5.78 Å². The molecule has 1 heterocycles. The summed E-state index contributed by atoms with van der Waals surface area (Å²) >= 11 is 7.23. The smallest absolute Gasteiger partial charge is 0.197 e. The van der Waals surface area contributed by atoms with Crippen LogP contribution in [-0.4, -0.2) is 5.78 Å². The lowest BCUT2D eigenvalue weighted by molar-refractivity contribution is 0.105. The molecule has 1 nitrogen and oxygen atoms in total. The van der Waals surface area contributed by atoms with Gasteiger partial charge in [0.1, 0.15) is 0 Å². The molecular weight excluding hydrogens is 240 g/mol. The molecule has 0 saturated heterocycles. The summed E-state index contributed by atoms with van der Waals surface area (Å²) in [5, 5.41) is 2.33. The van der Waals surface area contributed by atoms with Crippen molar-refractivity contribution in [3.8, 4) is 0 Å². The van der Waals surface area contributed by atoms with E-state index in [1.165, 1.54) is 11.3 Å². The first-order valence-corrected chi connectivity index (χ1v) is 6.03. The molecule has 0 aliphatic rings. The molecule has 80 valence electrons. The lowest BCUT2D eigenvalue weighted by Gasteiger charge is -1.92. The number of allylic oxidation sites excluding steroid dienone is 1. The van der Waals surface area contributed by atoms with Gasteiger partial charge >= 0.3 is 0 Å². The third-order valence-electron chi connectivity index (χ3n) is 2.07. The van der Waals surface area contributed by atoms with Gasteiger partial charge in [-0.25, -0.2) is 0 Å². The van der Waals surface area contributed by atoms with Crippen molar-refractivity contribution in [1.82, 2.24) is 0 Å². The number of carbonyl (C=O) groups excluding carboxylic acids is 1. The largest absolute Gasteiger partial charge is 0.288 e. The Bertz CT molecular complexity index is 514. The minimum atomic E-state index is -0.0520. The molecule has 0 spiro atoms. The maximum atomic E-state index is 11.7. The van der Waals surface area contributed by atoms with Gasteiger partial charge in [0, 0.05) is 0 Å². The number of thiophene rings is 1. The highest BCUT2D eigenvalue weighted by atomic mass is 35.5. The quantitative estimate of drug-likeness (QED) is 0.585. The number of rotatable bonds is 3. The van der Waals surface area contributed by atoms with E-state index in [1.54, 1.807) is 18.2 Å². The number of benzene rings is 1. The topological polar surface area (TPSA) is 17.1 Å². The number of ketones is 1. The predicted molar refractivity (Wildman–Crippen MR) is 69.1 cm³/mol. The Morgan fingerprint density at radius 1 is 1.19 bits per heavy atom. The van der Waals surface area contributed by atoms with Crippen LogP contribution in [0.4, 0.5) is 0 Å². The molecular formula is C13H9ClOS. The Kier molecular flexibility index (Phi) is 3.54. The molecule has 1 aromatic carbocycles. The predicted octanol–water partition coefficient (Wildman–Crippen LogP) is 4.30. The molecule has 0 aliphatic carbocycles. The molecule has 0 radical (unpaired) electrons. The van der Waals surface area contributed by atoms with Crippen LogP contribution >= 0.6 is 22.9 Å². The molecule has 3 heteroatoms. The van der Waals surface area contributed by atoms with E-state index in [0.29, 0.717) is 9.90 Å². The molecule has 0 fully saturated rings. The van der Waals surface area contributed by atoms with Crippen LogP contribution in [0.3, 0.4) is 0 Å². The fraction of sp³-hybridized carbons (Fsp3) is 0. The lowest BCUT2D eigenvalue weighted by Crippen LogP contribution is -1.90. The average molecular weight is 249 g/mol. The molecule has 0 aliphatic heterocycles. The number of halogens is 1. The molecule has 0 unspecified atom stereocenters. The first kappa shape index (κ1) is 11.1. The van der Waals surface area contributed by atoms with Gasteiger partial charge in [-0.15, -0.1) is 11.3 Å². The van der Waals surface area contributed by atoms with Gasteiger partial charge in [-0.05, 0) is 23.1 Å². The summed E-state index contributed by atoms with van der Waals surface area (Å²) in [6.07, 6.45) is 3.34. The zero-order valence-corrected chi connectivity index (χ0v) is 9.96. The van der Waals surface area contributed by atoms with Gasteiger partial charge in [-0.2, -0.15) is 0 Å². The van der Waals surface area contributed by atoms with Crippen molar-refractivity contribution < 1.29 is 4.79 Å². The maximum Gasteiger partial charge on any atom is 0.197 e. The van der Waals surface area contributed by atoms with Crippen LogP contribution in [0.15, 0.2) is 47.9 Å². The molecule has 0 N–H and O–H groups in total. The van der Waals surface area contributed by atoms with Crippen LogP contribution in [0, 0.1) is 0 Å². The fourth-order valence-corrected chi connectivity index (χ4v) is 2.35. The second kappa shape index (κ2) is 5.10. The highest BCUT2D eigenvalue weighted by molar-refractivity contribution is 7.13. The van der Waals surface area contributed by atoms with Crippen LogP contribution in [-0.2, 0) is 0 Å². The van der Waals surface area contributed by atoms with Gasteiger partial charge in [-0.1, -0.05) is 48.0 Å². The van der Waals surface area contributed by atoms with Gasteiger partial charge in [0.05, 0.1) is 9.90 Å². The van der Waals surface area contributed by atoms with Crippen LogP contribution in [0.1, 0.15) is 15.2 Å². The summed E-state index contributed by atoms with van der Waals surface area (Å²) in [7, 11) is 0. The summed E-state index contributed by atoms with van der Waals surface area (Å²) in [5.41, 5.74) is 1.00. The normalized spacial score (nSPS) is 10.8. The van der Waals surface area contributed by atoms with Crippen molar-refractivity contribution in [1.29, 1.82) is 0 Å². The van der Waals surface area contributed by atoms with E-state index in [0.717, 1.165) is 5.56 Å². The Morgan fingerprint density at radius 2 is 1.94 bits per heavy atom. The second-order valence-corrected chi connectivity index (χ2v) is 4.53. The monoisotopic (exact) mass is 248 g/mol. The molecule has 0 amide bonds. The van der Waals surface area contributed by atoms with E-state index in [-0.39, 0.29) is 5.78 Å². The van der Waals surface area contributed by atoms with E-state index < -0.39 is 0 Å². The summed E-state index contributed by atoms with van der Waals surface area (Å²) in [6, 6.07) is 11.4. The summed E-state index contributed by atoms with van der Waals surface area (Å²) in [4.78, 5) is 12.3. The SMILES string of the molecule is O=C(C=Cc1ccccc1)c1sccc1Cl. The molecule has 1 aromatic heterocycles. The molecule has 0 bridgehead atoms. The van der Waals surface area contributed by atoms with Crippen LogP contribution in [0.25, 0.3) is 6.08 Å². The number of hydrogen-bond donors (Lipinski definition) is 0. The van der Waals surface area contributed by atoms with Gasteiger partial charge in [0.25, 0.3) is 0 Å². The van der Waals surface area contributed by atoms with Crippen molar-refractivity contribution in [2.75, 3.05) is 0 Å². The molecule has 2 aromatic rings. The maximum absolute atomic E-state index is 11.7. The van der Waals surface area contributed by atoms with E-state index in [9.17, 15) is 4.79 Å². The summed E-state index contributed by atoms with van der Waals surface area (Å²) in [5.74, 6) is -0.0520. The minimum Gasteiger partial charge on any atom is -0.288 e. The van der Waals surface area contributed by atoms with Crippen LogP contribution in [0.2, 0.25) is 5.02 Å². The van der Waals surface area contributed by atoms with Gasteiger partial charge in [0.2, 0.25) is 0 Å². The Hall–Kier alpha value is -1.38. The van der Waals surface area contributed by atoms with Crippen molar-refractivity contribution in [2.24, 2.45) is 0 Å². The Balaban J connectivity index is 2.15. The molecule has 16 heavy (non-hydrogen) atoms. The minimum absolute atomic E-state index is 0.0520. The summed E-state index contributed by atoms with van der Waals surface area (Å²) < 4.78 is 0. The third-order valence-corrected chi connectivity index (χ3v) is 3.42. The molecule has 0 atom stereocenters. The van der Waals surface area contributed by atoms with Crippen molar-refractivity contribution in [2.45, 2.75) is 0 Å². The first-order chi connectivity index (χ1) is 7.77. The highest BCUT2D eigenvalue weighted by Crippen LogP contribution is 2.22. The van der Waals surface area contributed by atoms with Crippen molar-refractivity contribution in [3.63, 3.8) is 0 Å². The molecule has 2 rings (SSSR count). The standard InChI is InChI=1S/C13H9ClOS/c14-11-8-9-16-13(11)12(15)7-6-10-4-2-1-3-5-10/h1-9H. The number of carbonyl (C=O) groups is 1. The second-order valence-electron chi connectivity index (χ2n) is 3.21. The Labute approximate surface area is 103 Å². The zero-order valence-electron chi connectivity index (χ0n) is 8.39. The number of hydrogen-bond acceptors (Lipinski definition) is 2. The lowest BCUT2D eigenvalue weighted by atomic mass is 10.2.